The lowest BCUT2D eigenvalue weighted by Gasteiger charge is -2.45. The van der Waals surface area contributed by atoms with Crippen molar-refractivity contribution in [2.45, 2.75) is 63.5 Å². The Morgan fingerprint density at radius 3 is 2.30 bits per heavy atom. The first-order valence-corrected chi connectivity index (χ1v) is 20.7. The molecule has 5 amide bonds. The molecule has 3 saturated heterocycles. The molecule has 5 fully saturated rings. The number of aromatic nitrogens is 6. The Hall–Kier alpha value is -6.12. The maximum atomic E-state index is 15.0. The third-order valence-corrected chi connectivity index (χ3v) is 12.3. The first kappa shape index (κ1) is 40.3. The second-order valence-electron chi connectivity index (χ2n) is 16.3. The van der Waals surface area contributed by atoms with E-state index in [2.05, 4.69) is 41.1 Å². The number of alkyl halides is 2. The van der Waals surface area contributed by atoms with Crippen LogP contribution in [0.25, 0.3) is 5.69 Å². The topological polar surface area (TPSA) is 179 Å². The lowest BCUT2D eigenvalue weighted by molar-refractivity contribution is -0.138. The third kappa shape index (κ3) is 8.60. The standard InChI is InChI=1S/C40H45F4N13O4/c41-29-15-28(16-30(42)36(29)55-10-8-34(58)49-40(55)61)54-20-24(21-54)39(60)53-13-11-52(12-14-53)25-3-5-26(6-4-25)56-22-32(35(51-56)37(43)44)48-38(59)31-19-47-57(50-31)27-7-9-45-33(17-27)46-18-23-1-2-23/h7,9,15-17,19,22-26,37H,1-6,8,10-14,18,20-21H2,(H,45,46)(H,48,59)(H,49,58,61). The molecule has 0 bridgehead atoms. The fourth-order valence-corrected chi connectivity index (χ4v) is 8.61. The zero-order chi connectivity index (χ0) is 42.4. The summed E-state index contributed by atoms with van der Waals surface area (Å²) < 4.78 is 60.0. The molecule has 3 aliphatic heterocycles. The molecule has 3 aromatic heterocycles. The molecule has 1 aromatic carbocycles. The number of nitrogens with one attached hydrogen (secondary N) is 3. The number of pyridine rings is 1. The summed E-state index contributed by atoms with van der Waals surface area (Å²) in [7, 11) is 0. The number of hydrogen-bond acceptors (Lipinski definition) is 11. The van der Waals surface area contributed by atoms with Crippen LogP contribution in [-0.4, -0.2) is 122 Å². The summed E-state index contributed by atoms with van der Waals surface area (Å²) in [5.41, 5.74) is -0.295. The number of hydrogen-bond donors (Lipinski definition) is 3. The van der Waals surface area contributed by atoms with Crippen molar-refractivity contribution >= 4 is 46.6 Å². The molecule has 6 heterocycles. The van der Waals surface area contributed by atoms with Crippen LogP contribution in [0.3, 0.4) is 0 Å². The van der Waals surface area contributed by atoms with E-state index < -0.39 is 47.3 Å². The van der Waals surface area contributed by atoms with Crippen molar-refractivity contribution in [2.75, 3.05) is 72.8 Å². The van der Waals surface area contributed by atoms with Crippen LogP contribution in [-0.2, 0) is 9.59 Å². The first-order valence-electron chi connectivity index (χ1n) is 20.7. The van der Waals surface area contributed by atoms with E-state index in [4.69, 9.17) is 0 Å². The lowest BCUT2D eigenvalue weighted by atomic mass is 9.89. The number of carbonyl (C=O) groups is 4. The van der Waals surface area contributed by atoms with Crippen molar-refractivity contribution in [2.24, 2.45) is 11.8 Å². The Labute approximate surface area is 347 Å². The number of imide groups is 1. The molecular formula is C40H45F4N13O4. The van der Waals surface area contributed by atoms with Crippen LogP contribution < -0.4 is 25.8 Å². The van der Waals surface area contributed by atoms with Crippen molar-refractivity contribution in [3.8, 4) is 5.69 Å². The smallest absolute Gasteiger partial charge is 0.328 e. The molecule has 21 heteroatoms. The monoisotopic (exact) mass is 847 g/mol. The molecule has 5 aliphatic rings. The zero-order valence-electron chi connectivity index (χ0n) is 33.2. The fourth-order valence-electron chi connectivity index (χ4n) is 8.61. The molecule has 322 valence electrons. The Bertz CT molecular complexity index is 2290. The van der Waals surface area contributed by atoms with Gasteiger partial charge in [-0.15, -0.1) is 5.10 Å². The number of amides is 5. The second kappa shape index (κ2) is 16.7. The Morgan fingerprint density at radius 1 is 0.885 bits per heavy atom. The molecule has 3 N–H and O–H groups in total. The van der Waals surface area contributed by atoms with Crippen LogP contribution in [0, 0.1) is 23.5 Å². The highest BCUT2D eigenvalue weighted by molar-refractivity contribution is 6.06. The maximum absolute atomic E-state index is 15.0. The summed E-state index contributed by atoms with van der Waals surface area (Å²) in [6, 6.07) is 5.00. The Balaban J connectivity index is 0.738. The van der Waals surface area contributed by atoms with Crippen molar-refractivity contribution in [3.63, 3.8) is 0 Å². The van der Waals surface area contributed by atoms with Crippen molar-refractivity contribution < 1.29 is 36.7 Å². The molecular weight excluding hydrogens is 803 g/mol. The van der Waals surface area contributed by atoms with Gasteiger partial charge in [-0.25, -0.2) is 27.3 Å². The number of urea groups is 1. The molecule has 0 unspecified atom stereocenters. The summed E-state index contributed by atoms with van der Waals surface area (Å²) in [6.07, 6.45) is 6.79. The van der Waals surface area contributed by atoms with Crippen LogP contribution in [0.4, 0.5) is 45.2 Å². The van der Waals surface area contributed by atoms with Gasteiger partial charge in [-0.2, -0.15) is 15.0 Å². The van der Waals surface area contributed by atoms with E-state index in [1.54, 1.807) is 23.2 Å². The van der Waals surface area contributed by atoms with Gasteiger partial charge in [-0.05, 0) is 62.6 Å². The van der Waals surface area contributed by atoms with Gasteiger partial charge < -0.3 is 20.4 Å². The number of rotatable bonds is 12. The van der Waals surface area contributed by atoms with Crippen LogP contribution in [0.5, 0.6) is 0 Å². The van der Waals surface area contributed by atoms with E-state index in [0.717, 1.165) is 36.4 Å². The van der Waals surface area contributed by atoms with Gasteiger partial charge in [0.25, 0.3) is 12.3 Å². The molecule has 4 aromatic rings. The quantitative estimate of drug-likeness (QED) is 0.173. The van der Waals surface area contributed by atoms with Crippen LogP contribution >= 0.6 is 0 Å². The summed E-state index contributed by atoms with van der Waals surface area (Å²) in [6.45, 7) is 3.76. The Morgan fingerprint density at radius 2 is 1.61 bits per heavy atom. The van der Waals surface area contributed by atoms with Crippen LogP contribution in [0.1, 0.15) is 73.6 Å². The average Bonchev–Trinajstić information content (AvgIpc) is 3.75. The van der Waals surface area contributed by atoms with Gasteiger partial charge in [-0.3, -0.25) is 34.2 Å². The first-order chi connectivity index (χ1) is 29.5. The highest BCUT2D eigenvalue weighted by Gasteiger charge is 2.39. The predicted octanol–water partition coefficient (Wildman–Crippen LogP) is 4.36. The largest absolute Gasteiger partial charge is 0.370 e. The molecule has 0 spiro atoms. The number of halogens is 4. The van der Waals surface area contributed by atoms with E-state index in [-0.39, 0.29) is 53.9 Å². The van der Waals surface area contributed by atoms with Crippen LogP contribution in [0.2, 0.25) is 0 Å². The predicted molar refractivity (Wildman–Crippen MR) is 213 cm³/mol. The van der Waals surface area contributed by atoms with Gasteiger partial charge in [0.2, 0.25) is 11.8 Å². The van der Waals surface area contributed by atoms with E-state index in [0.29, 0.717) is 69.5 Å². The van der Waals surface area contributed by atoms with Gasteiger partial charge in [0.15, 0.2) is 23.0 Å². The van der Waals surface area contributed by atoms with E-state index in [1.807, 2.05) is 4.90 Å². The van der Waals surface area contributed by atoms with E-state index >= 15 is 8.78 Å². The molecule has 17 nitrogen and oxygen atoms in total. The lowest BCUT2D eigenvalue weighted by Crippen LogP contribution is -2.59. The van der Waals surface area contributed by atoms with E-state index in [9.17, 15) is 28.0 Å². The summed E-state index contributed by atoms with van der Waals surface area (Å²) >= 11 is 0. The minimum Gasteiger partial charge on any atom is -0.370 e. The van der Waals surface area contributed by atoms with Gasteiger partial charge in [-0.1, -0.05) is 0 Å². The Kier molecular flexibility index (Phi) is 11.1. The fraction of sp³-hybridized carbons (Fsp3) is 0.500. The number of carbonyl (C=O) groups excluding carboxylic acids is 4. The minimum absolute atomic E-state index is 0.00728. The molecule has 2 aliphatic carbocycles. The number of benzene rings is 1. The second-order valence-corrected chi connectivity index (χ2v) is 16.3. The molecule has 2 saturated carbocycles. The zero-order valence-corrected chi connectivity index (χ0v) is 33.2. The minimum atomic E-state index is -2.91. The van der Waals surface area contributed by atoms with Crippen LogP contribution in [0.15, 0.2) is 42.9 Å². The third-order valence-electron chi connectivity index (χ3n) is 12.3. The van der Waals surface area contributed by atoms with E-state index in [1.165, 1.54) is 34.7 Å². The average molecular weight is 848 g/mol. The number of piperazine rings is 1. The molecule has 9 rings (SSSR count). The molecule has 61 heavy (non-hydrogen) atoms. The van der Waals surface area contributed by atoms with Gasteiger partial charge in [0.1, 0.15) is 11.5 Å². The summed E-state index contributed by atoms with van der Waals surface area (Å²) in [5.74, 6) is -2.06. The van der Waals surface area contributed by atoms with Gasteiger partial charge >= 0.3 is 6.03 Å². The maximum Gasteiger partial charge on any atom is 0.328 e. The highest BCUT2D eigenvalue weighted by Crippen LogP contribution is 2.36. The van der Waals surface area contributed by atoms with Crippen molar-refractivity contribution in [1.82, 2.24) is 44.9 Å². The van der Waals surface area contributed by atoms with Gasteiger partial charge in [0.05, 0.1) is 29.5 Å². The summed E-state index contributed by atoms with van der Waals surface area (Å²) in [5, 5.41) is 20.6. The van der Waals surface area contributed by atoms with Gasteiger partial charge in [0, 0.05) is 89.0 Å². The highest BCUT2D eigenvalue weighted by atomic mass is 19.3. The van der Waals surface area contributed by atoms with Crippen molar-refractivity contribution in [1.29, 1.82) is 0 Å². The normalized spacial score (nSPS) is 21.4. The van der Waals surface area contributed by atoms with Crippen molar-refractivity contribution in [3.05, 3.63) is 65.9 Å². The summed E-state index contributed by atoms with van der Waals surface area (Å²) in [4.78, 5) is 62.6. The molecule has 0 radical (unpaired) electrons. The number of anilines is 4. The SMILES string of the molecule is O=C1CCN(c2c(F)cc(N3CC(C(=O)N4CCN(C5CCC(n6cc(NC(=O)c7cnn(-c8ccnc(NCC9CC9)c8)n7)c(C(F)F)n6)CC5)CC4)C3)cc2F)C(=O)N1. The molecule has 0 atom stereocenters. The number of nitrogens with zero attached hydrogens (tertiary/aromatic N) is 10.